The van der Waals surface area contributed by atoms with E-state index in [1.54, 1.807) is 11.9 Å². The van der Waals surface area contributed by atoms with Crippen LogP contribution in [0, 0.1) is 5.41 Å². The summed E-state index contributed by atoms with van der Waals surface area (Å²) in [6.45, 7) is 2.93. The number of rotatable bonds is 5. The van der Waals surface area contributed by atoms with E-state index in [1.807, 2.05) is 6.92 Å². The van der Waals surface area contributed by atoms with E-state index in [4.69, 9.17) is 0 Å². The first kappa shape index (κ1) is 13.8. The van der Waals surface area contributed by atoms with Gasteiger partial charge in [-0.3, -0.25) is 4.79 Å². The lowest BCUT2D eigenvalue weighted by Crippen LogP contribution is -2.45. The van der Waals surface area contributed by atoms with Gasteiger partial charge in [0.15, 0.2) is 0 Å². The van der Waals surface area contributed by atoms with Crippen molar-refractivity contribution in [2.45, 2.75) is 39.0 Å². The summed E-state index contributed by atoms with van der Waals surface area (Å²) in [5.41, 5.74) is -0.733. The summed E-state index contributed by atoms with van der Waals surface area (Å²) in [5.74, 6) is -0.784. The maximum atomic E-state index is 11.7. The fraction of sp³-hybridized carbons (Fsp3) is 0.833. The van der Waals surface area contributed by atoms with Gasteiger partial charge in [0.05, 0.1) is 5.41 Å². The van der Waals surface area contributed by atoms with Gasteiger partial charge in [-0.05, 0) is 19.3 Å². The molecule has 2 N–H and O–H groups in total. The van der Waals surface area contributed by atoms with Gasteiger partial charge in [-0.25, -0.2) is 4.79 Å². The van der Waals surface area contributed by atoms with E-state index in [1.165, 1.54) is 0 Å². The molecule has 0 aliphatic heterocycles. The lowest BCUT2D eigenvalue weighted by molar-refractivity contribution is -0.148. The SMILES string of the molecule is CCCN(C)C(=O)NCC1(C(=O)O)CCCC1. The van der Waals surface area contributed by atoms with Gasteiger partial charge in [0.2, 0.25) is 0 Å². The highest BCUT2D eigenvalue weighted by Gasteiger charge is 2.41. The Morgan fingerprint density at radius 2 is 1.94 bits per heavy atom. The Labute approximate surface area is 102 Å². The largest absolute Gasteiger partial charge is 0.481 e. The minimum Gasteiger partial charge on any atom is -0.481 e. The molecular weight excluding hydrogens is 220 g/mol. The average Bonchev–Trinajstić information content (AvgIpc) is 2.76. The van der Waals surface area contributed by atoms with Crippen molar-refractivity contribution in [3.8, 4) is 0 Å². The normalized spacial score (nSPS) is 17.8. The Morgan fingerprint density at radius 1 is 1.35 bits per heavy atom. The summed E-state index contributed by atoms with van der Waals surface area (Å²) in [4.78, 5) is 24.5. The third kappa shape index (κ3) is 3.35. The fourth-order valence-electron chi connectivity index (χ4n) is 2.33. The average molecular weight is 242 g/mol. The standard InChI is InChI=1S/C12H22N2O3/c1-3-8-14(2)11(17)13-9-12(10(15)16)6-4-5-7-12/h3-9H2,1-2H3,(H,13,17)(H,15,16). The van der Waals surface area contributed by atoms with Gasteiger partial charge in [-0.2, -0.15) is 0 Å². The molecule has 5 heteroatoms. The van der Waals surface area contributed by atoms with Crippen molar-refractivity contribution >= 4 is 12.0 Å². The van der Waals surface area contributed by atoms with Gasteiger partial charge in [0.1, 0.15) is 0 Å². The summed E-state index contributed by atoms with van der Waals surface area (Å²) in [6.07, 6.45) is 4.11. The Bertz CT molecular complexity index is 285. The van der Waals surface area contributed by atoms with Crippen LogP contribution < -0.4 is 5.32 Å². The molecule has 0 aromatic rings. The molecule has 0 aromatic carbocycles. The number of carboxylic acid groups (broad SMARTS) is 1. The van der Waals surface area contributed by atoms with E-state index in [9.17, 15) is 14.7 Å². The Balaban J connectivity index is 2.48. The summed E-state index contributed by atoms with van der Waals surface area (Å²) in [7, 11) is 1.72. The number of carbonyl (C=O) groups excluding carboxylic acids is 1. The van der Waals surface area contributed by atoms with Gasteiger partial charge < -0.3 is 15.3 Å². The molecule has 5 nitrogen and oxygen atoms in total. The molecular formula is C12H22N2O3. The van der Waals surface area contributed by atoms with E-state index in [0.717, 1.165) is 19.3 Å². The molecule has 0 bridgehead atoms. The third-order valence-corrected chi connectivity index (χ3v) is 3.50. The van der Waals surface area contributed by atoms with E-state index < -0.39 is 11.4 Å². The Morgan fingerprint density at radius 3 is 2.41 bits per heavy atom. The van der Waals surface area contributed by atoms with Crippen LogP contribution in [0.5, 0.6) is 0 Å². The lowest BCUT2D eigenvalue weighted by atomic mass is 9.86. The molecule has 0 heterocycles. The summed E-state index contributed by atoms with van der Waals surface area (Å²) >= 11 is 0. The highest BCUT2D eigenvalue weighted by Crippen LogP contribution is 2.37. The maximum absolute atomic E-state index is 11.7. The second kappa shape index (κ2) is 5.89. The first-order chi connectivity index (χ1) is 8.02. The van der Waals surface area contributed by atoms with Crippen LogP contribution in [0.25, 0.3) is 0 Å². The smallest absolute Gasteiger partial charge is 0.317 e. The molecule has 0 atom stereocenters. The second-order valence-corrected chi connectivity index (χ2v) is 4.87. The van der Waals surface area contributed by atoms with E-state index >= 15 is 0 Å². The third-order valence-electron chi connectivity index (χ3n) is 3.50. The van der Waals surface area contributed by atoms with Crippen LogP contribution >= 0.6 is 0 Å². The number of nitrogens with one attached hydrogen (secondary N) is 1. The van der Waals surface area contributed by atoms with E-state index in [0.29, 0.717) is 19.4 Å². The summed E-state index contributed by atoms with van der Waals surface area (Å²) in [5, 5.41) is 12.0. The minimum atomic E-state index is -0.784. The molecule has 1 saturated carbocycles. The molecule has 2 amide bonds. The van der Waals surface area contributed by atoms with Crippen LogP contribution in [-0.2, 0) is 4.79 Å². The van der Waals surface area contributed by atoms with Crippen molar-refractivity contribution in [1.29, 1.82) is 0 Å². The van der Waals surface area contributed by atoms with Gasteiger partial charge >= 0.3 is 12.0 Å². The molecule has 1 aliphatic carbocycles. The summed E-state index contributed by atoms with van der Waals surface area (Å²) < 4.78 is 0. The number of hydrogen-bond acceptors (Lipinski definition) is 2. The lowest BCUT2D eigenvalue weighted by Gasteiger charge is -2.26. The van der Waals surface area contributed by atoms with Crippen molar-refractivity contribution in [3.05, 3.63) is 0 Å². The second-order valence-electron chi connectivity index (χ2n) is 4.87. The zero-order valence-corrected chi connectivity index (χ0v) is 10.7. The number of nitrogens with zero attached hydrogens (tertiary/aromatic N) is 1. The van der Waals surface area contributed by atoms with E-state index in [-0.39, 0.29) is 12.6 Å². The van der Waals surface area contributed by atoms with Gasteiger partial charge in [0.25, 0.3) is 0 Å². The quantitative estimate of drug-likeness (QED) is 0.770. The number of hydrogen-bond donors (Lipinski definition) is 2. The number of urea groups is 1. The van der Waals surface area contributed by atoms with Crippen molar-refractivity contribution in [3.63, 3.8) is 0 Å². The van der Waals surface area contributed by atoms with E-state index in [2.05, 4.69) is 5.32 Å². The van der Waals surface area contributed by atoms with Crippen LogP contribution in [0.2, 0.25) is 0 Å². The molecule has 17 heavy (non-hydrogen) atoms. The molecule has 1 aliphatic rings. The number of carbonyl (C=O) groups is 2. The zero-order chi connectivity index (χ0) is 12.9. The zero-order valence-electron chi connectivity index (χ0n) is 10.7. The van der Waals surface area contributed by atoms with Crippen molar-refractivity contribution in [2.24, 2.45) is 5.41 Å². The predicted octanol–water partition coefficient (Wildman–Crippen LogP) is 1.68. The van der Waals surface area contributed by atoms with Crippen LogP contribution in [0.15, 0.2) is 0 Å². The van der Waals surface area contributed by atoms with Crippen LogP contribution in [-0.4, -0.2) is 42.1 Å². The molecule has 0 unspecified atom stereocenters. The monoisotopic (exact) mass is 242 g/mol. The van der Waals surface area contributed by atoms with Gasteiger partial charge in [-0.15, -0.1) is 0 Å². The first-order valence-electron chi connectivity index (χ1n) is 6.24. The van der Waals surface area contributed by atoms with Crippen molar-refractivity contribution in [1.82, 2.24) is 10.2 Å². The van der Waals surface area contributed by atoms with Crippen molar-refractivity contribution in [2.75, 3.05) is 20.1 Å². The number of amides is 2. The maximum Gasteiger partial charge on any atom is 0.317 e. The summed E-state index contributed by atoms with van der Waals surface area (Å²) in [6, 6.07) is -0.181. The highest BCUT2D eigenvalue weighted by molar-refractivity contribution is 5.78. The van der Waals surface area contributed by atoms with Crippen LogP contribution in [0.1, 0.15) is 39.0 Å². The molecule has 0 spiro atoms. The molecule has 98 valence electrons. The number of carboxylic acids is 1. The fourth-order valence-corrected chi connectivity index (χ4v) is 2.33. The Kier molecular flexibility index (Phi) is 4.78. The predicted molar refractivity (Wildman–Crippen MR) is 64.9 cm³/mol. The minimum absolute atomic E-state index is 0.181. The topological polar surface area (TPSA) is 69.6 Å². The van der Waals surface area contributed by atoms with Gasteiger partial charge in [0, 0.05) is 20.1 Å². The highest BCUT2D eigenvalue weighted by atomic mass is 16.4. The molecule has 1 fully saturated rings. The first-order valence-corrected chi connectivity index (χ1v) is 6.24. The molecule has 1 rings (SSSR count). The number of aliphatic carboxylic acids is 1. The van der Waals surface area contributed by atoms with Crippen LogP contribution in [0.3, 0.4) is 0 Å². The molecule has 0 radical (unpaired) electrons. The van der Waals surface area contributed by atoms with Crippen molar-refractivity contribution < 1.29 is 14.7 Å². The Hall–Kier alpha value is -1.26. The van der Waals surface area contributed by atoms with Gasteiger partial charge in [-0.1, -0.05) is 19.8 Å². The van der Waals surface area contributed by atoms with Crippen LogP contribution in [0.4, 0.5) is 4.79 Å². The molecule has 0 saturated heterocycles. The molecule has 0 aromatic heterocycles.